The fourth-order valence-corrected chi connectivity index (χ4v) is 5.22. The number of hydrogen-bond donors (Lipinski definition) is 2. The Morgan fingerprint density at radius 2 is 1.94 bits per heavy atom. The second-order valence-electron chi connectivity index (χ2n) is 11.6. The summed E-state index contributed by atoms with van der Waals surface area (Å²) in [5.41, 5.74) is 6.64. The highest BCUT2D eigenvalue weighted by atomic mass is 16.5. The number of nitrogens with zero attached hydrogens (tertiary/aromatic N) is 1. The number of rotatable bonds is 5. The lowest BCUT2D eigenvalue weighted by atomic mass is 9.81. The number of aryl methyl sites for hydroxylation is 1. The monoisotopic (exact) mass is 494 g/mol. The molecular formula is C29H43BN2O4. The number of hydrazine groups is 1. The second kappa shape index (κ2) is 11.2. The van der Waals surface area contributed by atoms with E-state index in [9.17, 15) is 14.6 Å². The molecule has 3 unspecified atom stereocenters. The molecule has 1 aromatic rings. The van der Waals surface area contributed by atoms with Gasteiger partial charge in [-0.25, -0.2) is 5.01 Å². The van der Waals surface area contributed by atoms with Gasteiger partial charge in [0.05, 0.1) is 6.04 Å². The standard InChI is InChI=1S/C29H43BN2O4/c1-9-11-25(29(6,7)8)32(28(34)23-16-18(2)20(4)19(3)17-23)31-27(33)24-14-13-22-12-10-15-30(35)36-26(22)21(24)5/h13-14,16-18,20,25,35H,9-12,15H2,1-8H3,(H,31,33). The number of benzene rings is 1. The third-order valence-electron chi connectivity index (χ3n) is 7.78. The van der Waals surface area contributed by atoms with Gasteiger partial charge in [0.25, 0.3) is 11.8 Å². The third-order valence-corrected chi connectivity index (χ3v) is 7.78. The van der Waals surface area contributed by atoms with Gasteiger partial charge in [0.1, 0.15) is 5.75 Å². The molecule has 0 saturated heterocycles. The molecule has 1 heterocycles. The summed E-state index contributed by atoms with van der Waals surface area (Å²) >= 11 is 0. The quantitative estimate of drug-likeness (QED) is 0.410. The molecule has 36 heavy (non-hydrogen) atoms. The number of fused-ring (bicyclic) bond motifs is 1. The molecule has 0 bridgehead atoms. The first-order valence-corrected chi connectivity index (χ1v) is 13.4. The van der Waals surface area contributed by atoms with Crippen LogP contribution < -0.4 is 10.1 Å². The zero-order chi connectivity index (χ0) is 26.8. The molecule has 7 heteroatoms. The van der Waals surface area contributed by atoms with E-state index in [4.69, 9.17) is 4.65 Å². The van der Waals surface area contributed by atoms with Crippen molar-refractivity contribution in [1.82, 2.24) is 10.4 Å². The van der Waals surface area contributed by atoms with Crippen molar-refractivity contribution in [3.8, 4) is 5.75 Å². The summed E-state index contributed by atoms with van der Waals surface area (Å²) in [5, 5.41) is 11.7. The molecule has 2 amide bonds. The van der Waals surface area contributed by atoms with Crippen molar-refractivity contribution in [1.29, 1.82) is 0 Å². The first-order chi connectivity index (χ1) is 16.8. The van der Waals surface area contributed by atoms with Crippen LogP contribution in [-0.2, 0) is 11.2 Å². The largest absolute Gasteiger partial charge is 0.536 e. The molecule has 6 nitrogen and oxygen atoms in total. The van der Waals surface area contributed by atoms with E-state index in [1.807, 2.05) is 25.1 Å². The Hall–Kier alpha value is -2.54. The van der Waals surface area contributed by atoms with Crippen molar-refractivity contribution in [2.45, 2.75) is 93.4 Å². The van der Waals surface area contributed by atoms with Crippen LogP contribution in [0.1, 0.15) is 89.2 Å². The summed E-state index contributed by atoms with van der Waals surface area (Å²) in [5.74, 6) is 0.643. The number of hydrogen-bond acceptors (Lipinski definition) is 4. The third kappa shape index (κ3) is 6.05. The van der Waals surface area contributed by atoms with Crippen LogP contribution in [0.2, 0.25) is 6.32 Å². The van der Waals surface area contributed by atoms with Gasteiger partial charge in [0, 0.05) is 16.7 Å². The second-order valence-corrected chi connectivity index (χ2v) is 11.6. The molecule has 196 valence electrons. The smallest absolute Gasteiger partial charge is 0.522 e. The van der Waals surface area contributed by atoms with E-state index < -0.39 is 7.12 Å². The van der Waals surface area contributed by atoms with E-state index in [-0.39, 0.29) is 29.2 Å². The number of amides is 2. The zero-order valence-electron chi connectivity index (χ0n) is 23.3. The van der Waals surface area contributed by atoms with Gasteiger partial charge in [-0.1, -0.05) is 71.8 Å². The highest BCUT2D eigenvalue weighted by Crippen LogP contribution is 2.34. The van der Waals surface area contributed by atoms with E-state index in [0.29, 0.717) is 34.7 Å². The molecule has 1 aliphatic carbocycles. The van der Waals surface area contributed by atoms with E-state index in [1.54, 1.807) is 11.1 Å². The van der Waals surface area contributed by atoms with Gasteiger partial charge >= 0.3 is 7.12 Å². The van der Waals surface area contributed by atoms with Gasteiger partial charge in [-0.15, -0.1) is 0 Å². The molecule has 2 aliphatic rings. The van der Waals surface area contributed by atoms with Gasteiger partial charge in [0.15, 0.2) is 0 Å². The van der Waals surface area contributed by atoms with Crippen molar-refractivity contribution in [3.05, 3.63) is 52.1 Å². The van der Waals surface area contributed by atoms with E-state index in [0.717, 1.165) is 31.2 Å². The molecule has 0 aromatic heterocycles. The summed E-state index contributed by atoms with van der Waals surface area (Å²) in [6, 6.07) is 3.50. The summed E-state index contributed by atoms with van der Waals surface area (Å²) < 4.78 is 5.78. The molecule has 0 spiro atoms. The fourth-order valence-electron chi connectivity index (χ4n) is 5.22. The molecule has 1 aliphatic heterocycles. The van der Waals surface area contributed by atoms with Crippen molar-refractivity contribution >= 4 is 18.9 Å². The fraction of sp³-hybridized carbons (Fsp3) is 0.586. The Labute approximate surface area is 217 Å². The molecule has 0 radical (unpaired) electrons. The molecule has 1 aromatic carbocycles. The highest BCUT2D eigenvalue weighted by molar-refractivity contribution is 6.43. The predicted molar refractivity (Wildman–Crippen MR) is 146 cm³/mol. The molecule has 3 atom stereocenters. The van der Waals surface area contributed by atoms with Gasteiger partial charge in [-0.05, 0) is 68.3 Å². The summed E-state index contributed by atoms with van der Waals surface area (Å²) in [6.45, 7) is 16.6. The minimum Gasteiger partial charge on any atom is -0.536 e. The van der Waals surface area contributed by atoms with Crippen LogP contribution in [0.4, 0.5) is 0 Å². The summed E-state index contributed by atoms with van der Waals surface area (Å²) in [4.78, 5) is 27.6. The normalized spacial score (nSPS) is 20.9. The van der Waals surface area contributed by atoms with Gasteiger partial charge in [-0.3, -0.25) is 15.0 Å². The lowest BCUT2D eigenvalue weighted by molar-refractivity contribution is -0.135. The SMILES string of the molecule is CCCC(N(NC(=O)c1ccc2c(c1C)OB(O)CCC2)C(=O)C1=CC(C)C(C)C(C)=C1)C(C)(C)C. The number of nitrogens with one attached hydrogen (secondary N) is 1. The van der Waals surface area contributed by atoms with Gasteiger partial charge in [-0.2, -0.15) is 0 Å². The lowest BCUT2D eigenvalue weighted by Crippen LogP contribution is -2.56. The molecule has 3 rings (SSSR count). The van der Waals surface area contributed by atoms with Crippen molar-refractivity contribution in [3.63, 3.8) is 0 Å². The van der Waals surface area contributed by atoms with E-state index in [2.05, 4.69) is 53.9 Å². The average molecular weight is 494 g/mol. The van der Waals surface area contributed by atoms with Crippen LogP contribution in [-0.4, -0.2) is 35.0 Å². The molecule has 0 saturated carbocycles. The average Bonchev–Trinajstić information content (AvgIpc) is 2.99. The van der Waals surface area contributed by atoms with Crippen molar-refractivity contribution in [2.24, 2.45) is 17.3 Å². The van der Waals surface area contributed by atoms with Gasteiger partial charge in [0.2, 0.25) is 0 Å². The number of carbonyl (C=O) groups is 2. The van der Waals surface area contributed by atoms with Crippen LogP contribution in [0.5, 0.6) is 5.75 Å². The Morgan fingerprint density at radius 3 is 2.56 bits per heavy atom. The van der Waals surface area contributed by atoms with Crippen molar-refractivity contribution < 1.29 is 19.3 Å². The molecule has 2 N–H and O–H groups in total. The highest BCUT2D eigenvalue weighted by Gasteiger charge is 2.36. The van der Waals surface area contributed by atoms with Crippen LogP contribution >= 0.6 is 0 Å². The Bertz CT molecular complexity index is 1060. The molecule has 0 fully saturated rings. The van der Waals surface area contributed by atoms with Crippen LogP contribution in [0.25, 0.3) is 0 Å². The number of allylic oxidation sites excluding steroid dienone is 2. The summed E-state index contributed by atoms with van der Waals surface area (Å²) in [6.07, 6.45) is 7.79. The van der Waals surface area contributed by atoms with Crippen LogP contribution in [0, 0.1) is 24.2 Å². The first-order valence-electron chi connectivity index (χ1n) is 13.4. The minimum absolute atomic E-state index is 0.186. The van der Waals surface area contributed by atoms with Crippen LogP contribution in [0.15, 0.2) is 35.4 Å². The Balaban J connectivity index is 2.00. The first kappa shape index (κ1) is 28.0. The van der Waals surface area contributed by atoms with Crippen molar-refractivity contribution in [2.75, 3.05) is 0 Å². The number of carbonyl (C=O) groups excluding carboxylic acids is 2. The van der Waals surface area contributed by atoms with E-state index >= 15 is 0 Å². The molecular weight excluding hydrogens is 451 g/mol. The summed E-state index contributed by atoms with van der Waals surface area (Å²) in [7, 11) is -0.881. The van der Waals surface area contributed by atoms with Gasteiger partial charge < -0.3 is 9.68 Å². The Kier molecular flexibility index (Phi) is 8.76. The maximum Gasteiger partial charge on any atom is 0.522 e. The zero-order valence-corrected chi connectivity index (χ0v) is 23.3. The predicted octanol–water partition coefficient (Wildman–Crippen LogP) is 5.65. The van der Waals surface area contributed by atoms with Crippen LogP contribution in [0.3, 0.4) is 0 Å². The topological polar surface area (TPSA) is 78.9 Å². The maximum absolute atomic E-state index is 14.0. The minimum atomic E-state index is -0.881. The Morgan fingerprint density at radius 1 is 1.25 bits per heavy atom. The maximum atomic E-state index is 14.0. The van der Waals surface area contributed by atoms with E-state index in [1.165, 1.54) is 5.57 Å². The lowest BCUT2D eigenvalue weighted by Gasteiger charge is -2.40.